The molecule has 0 bridgehead atoms. The fraction of sp³-hybridized carbons (Fsp3) is 0.690. The van der Waals surface area contributed by atoms with Gasteiger partial charge in [0.2, 0.25) is 6.29 Å². The highest BCUT2D eigenvalue weighted by Gasteiger charge is 2.44. The van der Waals surface area contributed by atoms with E-state index in [1.54, 1.807) is 27.7 Å². The number of hydrogen-bond acceptors (Lipinski definition) is 9. The Morgan fingerprint density at radius 2 is 1.42 bits per heavy atom. The van der Waals surface area contributed by atoms with Gasteiger partial charge in [0.1, 0.15) is 6.61 Å². The van der Waals surface area contributed by atoms with Gasteiger partial charge in [-0.1, -0.05) is 39.0 Å². The monoisotopic (exact) mass is 538 g/mol. The van der Waals surface area contributed by atoms with E-state index in [4.69, 9.17) is 24.1 Å². The highest BCUT2D eigenvalue weighted by Crippen LogP contribution is 2.39. The molecule has 3 aliphatic rings. The summed E-state index contributed by atoms with van der Waals surface area (Å²) in [5.41, 5.74) is 1.24. The summed E-state index contributed by atoms with van der Waals surface area (Å²) in [6, 6.07) is 0. The predicted molar refractivity (Wildman–Crippen MR) is 143 cm³/mol. The molecule has 1 aliphatic heterocycles. The van der Waals surface area contributed by atoms with Crippen molar-refractivity contribution in [1.82, 2.24) is 0 Å². The molecular weight excluding hydrogens is 492 g/mol. The van der Waals surface area contributed by atoms with E-state index in [-0.39, 0.29) is 31.3 Å². The van der Waals surface area contributed by atoms with Crippen LogP contribution >= 0.6 is 0 Å². The quantitative estimate of drug-likeness (QED) is 0.140. The average molecular weight is 539 g/mol. The van der Waals surface area contributed by atoms with Gasteiger partial charge in [-0.25, -0.2) is 14.4 Å². The lowest BCUT2D eigenvalue weighted by atomic mass is 9.90. The van der Waals surface area contributed by atoms with Crippen molar-refractivity contribution in [2.75, 3.05) is 19.8 Å². The Labute approximate surface area is 227 Å². The van der Waals surface area contributed by atoms with Gasteiger partial charge in [-0.05, 0) is 65.7 Å². The largest absolute Gasteiger partial charge is 0.462 e. The van der Waals surface area contributed by atoms with Gasteiger partial charge in [-0.2, -0.15) is 0 Å². The second-order valence-corrected chi connectivity index (χ2v) is 10.1. The fourth-order valence-corrected chi connectivity index (χ4v) is 3.97. The van der Waals surface area contributed by atoms with Gasteiger partial charge >= 0.3 is 17.9 Å². The molecule has 2 aliphatic carbocycles. The summed E-state index contributed by atoms with van der Waals surface area (Å²) in [6.45, 7) is 17.5. The number of rotatable bonds is 10. The molecule has 2 saturated carbocycles. The third-order valence-corrected chi connectivity index (χ3v) is 6.14. The Morgan fingerprint density at radius 3 is 1.95 bits per heavy atom. The second kappa shape index (κ2) is 17.9. The van der Waals surface area contributed by atoms with E-state index >= 15 is 0 Å². The lowest BCUT2D eigenvalue weighted by Gasteiger charge is -2.25. The molecular formula is C29H46O9. The molecule has 38 heavy (non-hydrogen) atoms. The lowest BCUT2D eigenvalue weighted by molar-refractivity contribution is -0.183. The van der Waals surface area contributed by atoms with Gasteiger partial charge in [-0.15, -0.1) is 0 Å². The number of aliphatic hydroxyl groups excluding tert-OH is 1. The van der Waals surface area contributed by atoms with Crippen LogP contribution in [-0.2, 0) is 38.1 Å². The molecule has 0 aromatic heterocycles. The number of fused-ring (bicyclic) bond motifs is 1. The van der Waals surface area contributed by atoms with Crippen LogP contribution in [0.1, 0.15) is 79.1 Å². The summed E-state index contributed by atoms with van der Waals surface area (Å²) in [7, 11) is 0. The molecule has 9 heteroatoms. The number of carbonyl (C=O) groups excluding carboxylic acids is 3. The molecule has 3 rings (SSSR count). The van der Waals surface area contributed by atoms with E-state index in [0.29, 0.717) is 41.5 Å². The molecule has 4 atom stereocenters. The van der Waals surface area contributed by atoms with Crippen molar-refractivity contribution >= 4 is 17.9 Å². The normalized spacial score (nSPS) is 22.5. The standard InChI is InChI=1S/C12H20O3.C11H16O3.C6H10O3/c1-9(2)12(13)15-10(3)14-11-7-5-4-6-8-11;1-7(2)11(12)13-6-8-3-4-9-10(5-8)14-9;1-5(2)6(8)9-4-3-7/h10-11H,1,4-8H2,2-3H3;8-10H,1,3-6H2,2H3;7H,1,3-4H2,2H3. The molecule has 9 nitrogen and oxygen atoms in total. The Kier molecular flexibility index (Phi) is 15.8. The van der Waals surface area contributed by atoms with Crippen LogP contribution in [0.25, 0.3) is 0 Å². The summed E-state index contributed by atoms with van der Waals surface area (Å²) < 4.78 is 25.7. The number of epoxide rings is 1. The molecule has 1 N–H and O–H groups in total. The van der Waals surface area contributed by atoms with Gasteiger partial charge < -0.3 is 28.8 Å². The highest BCUT2D eigenvalue weighted by atomic mass is 16.7. The first-order valence-electron chi connectivity index (χ1n) is 13.4. The van der Waals surface area contributed by atoms with Crippen molar-refractivity contribution in [3.05, 3.63) is 36.5 Å². The topological polar surface area (TPSA) is 121 Å². The molecule has 1 heterocycles. The number of ether oxygens (including phenoxy) is 5. The van der Waals surface area contributed by atoms with Crippen LogP contribution in [-0.4, -0.2) is 67.4 Å². The molecule has 0 amide bonds. The SMILES string of the molecule is C=C(C)C(=O)OC(C)OC1CCCCC1.C=C(C)C(=O)OCC1CCC2OC2C1.C=C(C)C(=O)OCCO. The van der Waals surface area contributed by atoms with Crippen molar-refractivity contribution in [2.45, 2.75) is 104 Å². The molecule has 3 fully saturated rings. The first-order chi connectivity index (χ1) is 17.9. The zero-order chi connectivity index (χ0) is 28.7. The van der Waals surface area contributed by atoms with Crippen molar-refractivity contribution in [3.63, 3.8) is 0 Å². The van der Waals surface area contributed by atoms with E-state index in [1.807, 2.05) is 0 Å². The van der Waals surface area contributed by atoms with Crippen LogP contribution < -0.4 is 0 Å². The minimum atomic E-state index is -0.461. The Morgan fingerprint density at radius 1 is 0.842 bits per heavy atom. The molecule has 1 saturated heterocycles. The number of carbonyl (C=O) groups is 3. The zero-order valence-corrected chi connectivity index (χ0v) is 23.5. The summed E-state index contributed by atoms with van der Waals surface area (Å²) in [5, 5.41) is 8.19. The summed E-state index contributed by atoms with van der Waals surface area (Å²) in [5.74, 6) is -0.617. The smallest absolute Gasteiger partial charge is 0.335 e. The van der Waals surface area contributed by atoms with E-state index in [2.05, 4.69) is 24.5 Å². The Balaban J connectivity index is 0.000000295. The van der Waals surface area contributed by atoms with Crippen LogP contribution in [0.3, 0.4) is 0 Å². The van der Waals surface area contributed by atoms with Gasteiger partial charge in [0, 0.05) is 16.7 Å². The predicted octanol–water partition coefficient (Wildman–Crippen LogP) is 4.57. The van der Waals surface area contributed by atoms with Crippen molar-refractivity contribution in [1.29, 1.82) is 0 Å². The maximum Gasteiger partial charge on any atom is 0.335 e. The van der Waals surface area contributed by atoms with Crippen molar-refractivity contribution in [3.8, 4) is 0 Å². The molecule has 0 aromatic carbocycles. The second-order valence-electron chi connectivity index (χ2n) is 10.1. The summed E-state index contributed by atoms with van der Waals surface area (Å²) in [6.07, 6.45) is 9.93. The van der Waals surface area contributed by atoms with Crippen LogP contribution in [0.2, 0.25) is 0 Å². The van der Waals surface area contributed by atoms with Crippen molar-refractivity contribution < 1.29 is 43.2 Å². The molecule has 0 spiro atoms. The third-order valence-electron chi connectivity index (χ3n) is 6.14. The van der Waals surface area contributed by atoms with Crippen molar-refractivity contribution in [2.24, 2.45) is 5.92 Å². The van der Waals surface area contributed by atoms with Crippen LogP contribution in [0.5, 0.6) is 0 Å². The fourth-order valence-electron chi connectivity index (χ4n) is 3.97. The van der Waals surface area contributed by atoms with Crippen LogP contribution in [0.15, 0.2) is 36.5 Å². The van der Waals surface area contributed by atoms with Crippen LogP contribution in [0.4, 0.5) is 0 Å². The minimum absolute atomic E-state index is 0.0473. The first kappa shape index (κ1) is 33.5. The number of esters is 3. The van der Waals surface area contributed by atoms with Gasteiger partial charge in [0.05, 0.1) is 31.5 Å². The Bertz CT molecular complexity index is 813. The molecule has 0 aromatic rings. The van der Waals surface area contributed by atoms with Gasteiger partial charge in [0.25, 0.3) is 0 Å². The van der Waals surface area contributed by atoms with E-state index in [0.717, 1.165) is 32.1 Å². The van der Waals surface area contributed by atoms with Gasteiger partial charge in [-0.3, -0.25) is 0 Å². The number of aliphatic hydroxyl groups is 1. The minimum Gasteiger partial charge on any atom is -0.462 e. The first-order valence-corrected chi connectivity index (χ1v) is 13.4. The molecule has 0 radical (unpaired) electrons. The lowest BCUT2D eigenvalue weighted by Crippen LogP contribution is -2.26. The zero-order valence-electron chi connectivity index (χ0n) is 23.5. The molecule has 216 valence electrons. The maximum atomic E-state index is 11.2. The number of hydrogen-bond donors (Lipinski definition) is 1. The highest BCUT2D eigenvalue weighted by molar-refractivity contribution is 5.87. The average Bonchev–Trinajstić information content (AvgIpc) is 3.66. The molecule has 4 unspecified atom stereocenters. The van der Waals surface area contributed by atoms with E-state index < -0.39 is 12.3 Å². The summed E-state index contributed by atoms with van der Waals surface area (Å²) >= 11 is 0. The maximum absolute atomic E-state index is 11.2. The third kappa shape index (κ3) is 14.4. The van der Waals surface area contributed by atoms with E-state index in [1.165, 1.54) is 19.3 Å². The Hall–Kier alpha value is -2.49. The van der Waals surface area contributed by atoms with E-state index in [9.17, 15) is 14.4 Å². The summed E-state index contributed by atoms with van der Waals surface area (Å²) in [4.78, 5) is 32.8. The van der Waals surface area contributed by atoms with Crippen LogP contribution in [0, 0.1) is 5.92 Å². The van der Waals surface area contributed by atoms with Gasteiger partial charge in [0.15, 0.2) is 0 Å².